The summed E-state index contributed by atoms with van der Waals surface area (Å²) in [5.74, 6) is 0. The van der Waals surface area contributed by atoms with Crippen LogP contribution in [0.25, 0.3) is 5.65 Å². The molecule has 2 N–H and O–H groups in total. The van der Waals surface area contributed by atoms with Gasteiger partial charge in [-0.2, -0.15) is 0 Å². The Balaban J connectivity index is 2.85. The van der Waals surface area contributed by atoms with Gasteiger partial charge in [0, 0.05) is 18.8 Å². The number of nitrogens with zero attached hydrogens (tertiary/aromatic N) is 2. The van der Waals surface area contributed by atoms with E-state index in [9.17, 15) is 4.79 Å². The number of nitrogens with two attached hydrogens (primary N) is 1. The summed E-state index contributed by atoms with van der Waals surface area (Å²) >= 11 is 0. The van der Waals surface area contributed by atoms with Gasteiger partial charge in [-0.1, -0.05) is 6.07 Å². The van der Waals surface area contributed by atoms with E-state index in [1.165, 1.54) is 10.5 Å². The first-order valence-electron chi connectivity index (χ1n) is 3.98. The second kappa shape index (κ2) is 2.99. The van der Waals surface area contributed by atoms with E-state index in [1.807, 2.05) is 6.07 Å². The van der Waals surface area contributed by atoms with Gasteiger partial charge in [0.2, 0.25) is 0 Å². The fourth-order valence-corrected chi connectivity index (χ4v) is 1.21. The SMILES string of the molecule is NCc1cc(=O)n2ccccc2n1. The molecule has 2 aromatic heterocycles. The molecule has 4 heteroatoms. The molecule has 0 fully saturated rings. The van der Waals surface area contributed by atoms with E-state index in [2.05, 4.69) is 4.98 Å². The van der Waals surface area contributed by atoms with E-state index in [0.29, 0.717) is 17.9 Å². The minimum Gasteiger partial charge on any atom is -0.325 e. The van der Waals surface area contributed by atoms with Gasteiger partial charge in [0.1, 0.15) is 5.65 Å². The summed E-state index contributed by atoms with van der Waals surface area (Å²) in [4.78, 5) is 15.6. The van der Waals surface area contributed by atoms with Gasteiger partial charge in [0.15, 0.2) is 0 Å². The van der Waals surface area contributed by atoms with Crippen LogP contribution in [0.2, 0.25) is 0 Å². The maximum absolute atomic E-state index is 11.4. The molecule has 0 radical (unpaired) electrons. The summed E-state index contributed by atoms with van der Waals surface area (Å²) in [6.07, 6.45) is 1.69. The highest BCUT2D eigenvalue weighted by Crippen LogP contribution is 1.96. The van der Waals surface area contributed by atoms with Gasteiger partial charge in [-0.3, -0.25) is 9.20 Å². The summed E-state index contributed by atoms with van der Waals surface area (Å²) in [7, 11) is 0. The van der Waals surface area contributed by atoms with Crippen molar-refractivity contribution in [3.8, 4) is 0 Å². The van der Waals surface area contributed by atoms with E-state index in [4.69, 9.17) is 5.73 Å². The Hall–Kier alpha value is -1.68. The molecule has 0 aliphatic heterocycles. The molecule has 0 unspecified atom stereocenters. The number of hydrogen-bond donors (Lipinski definition) is 1. The van der Waals surface area contributed by atoms with Crippen molar-refractivity contribution >= 4 is 5.65 Å². The van der Waals surface area contributed by atoms with Crippen LogP contribution in [0.5, 0.6) is 0 Å². The molecule has 0 atom stereocenters. The zero-order valence-electron chi connectivity index (χ0n) is 6.97. The topological polar surface area (TPSA) is 60.4 Å². The Bertz CT molecular complexity index is 489. The molecule has 0 bridgehead atoms. The first kappa shape index (κ1) is 7.94. The van der Waals surface area contributed by atoms with Crippen LogP contribution in [0.1, 0.15) is 5.69 Å². The third-order valence-electron chi connectivity index (χ3n) is 1.83. The molecule has 66 valence electrons. The van der Waals surface area contributed by atoms with Crippen molar-refractivity contribution in [1.82, 2.24) is 9.38 Å². The van der Waals surface area contributed by atoms with Gasteiger partial charge < -0.3 is 5.73 Å². The van der Waals surface area contributed by atoms with E-state index in [1.54, 1.807) is 18.3 Å². The predicted molar refractivity (Wildman–Crippen MR) is 49.4 cm³/mol. The Kier molecular flexibility index (Phi) is 1.83. The molecule has 2 aromatic rings. The lowest BCUT2D eigenvalue weighted by molar-refractivity contribution is 0.943. The van der Waals surface area contributed by atoms with Crippen molar-refractivity contribution in [3.63, 3.8) is 0 Å². The highest BCUT2D eigenvalue weighted by molar-refractivity contribution is 5.37. The molecule has 0 amide bonds. The Labute approximate surface area is 74.6 Å². The zero-order chi connectivity index (χ0) is 9.26. The minimum atomic E-state index is -0.0916. The molecule has 0 aromatic carbocycles. The van der Waals surface area contributed by atoms with Gasteiger partial charge >= 0.3 is 0 Å². The van der Waals surface area contributed by atoms with Crippen LogP contribution >= 0.6 is 0 Å². The maximum atomic E-state index is 11.4. The molecule has 2 rings (SSSR count). The fraction of sp³-hybridized carbons (Fsp3) is 0.111. The molecule has 0 aliphatic rings. The van der Waals surface area contributed by atoms with Crippen molar-refractivity contribution in [1.29, 1.82) is 0 Å². The molecule has 4 nitrogen and oxygen atoms in total. The lowest BCUT2D eigenvalue weighted by Crippen LogP contribution is -2.16. The van der Waals surface area contributed by atoms with Gasteiger partial charge in [-0.25, -0.2) is 4.98 Å². The second-order valence-corrected chi connectivity index (χ2v) is 2.72. The van der Waals surface area contributed by atoms with Crippen LogP contribution in [-0.2, 0) is 6.54 Å². The van der Waals surface area contributed by atoms with Crippen molar-refractivity contribution in [2.24, 2.45) is 5.73 Å². The van der Waals surface area contributed by atoms with Crippen molar-refractivity contribution in [2.75, 3.05) is 0 Å². The van der Waals surface area contributed by atoms with Crippen LogP contribution in [0.4, 0.5) is 0 Å². The maximum Gasteiger partial charge on any atom is 0.258 e. The number of pyridine rings is 1. The Morgan fingerprint density at radius 3 is 3.08 bits per heavy atom. The summed E-state index contributed by atoms with van der Waals surface area (Å²) in [5.41, 5.74) is 6.56. The Morgan fingerprint density at radius 1 is 1.46 bits per heavy atom. The monoisotopic (exact) mass is 175 g/mol. The van der Waals surface area contributed by atoms with Gasteiger partial charge in [0.05, 0.1) is 5.69 Å². The summed E-state index contributed by atoms with van der Waals surface area (Å²) < 4.78 is 1.49. The largest absolute Gasteiger partial charge is 0.325 e. The van der Waals surface area contributed by atoms with E-state index < -0.39 is 0 Å². The van der Waals surface area contributed by atoms with Crippen LogP contribution in [-0.4, -0.2) is 9.38 Å². The third-order valence-corrected chi connectivity index (χ3v) is 1.83. The molecule has 13 heavy (non-hydrogen) atoms. The highest BCUT2D eigenvalue weighted by atomic mass is 16.1. The van der Waals surface area contributed by atoms with Crippen molar-refractivity contribution < 1.29 is 0 Å². The molecule has 0 saturated carbocycles. The van der Waals surface area contributed by atoms with Crippen LogP contribution < -0.4 is 11.3 Å². The highest BCUT2D eigenvalue weighted by Gasteiger charge is 1.98. The average molecular weight is 175 g/mol. The number of aromatic nitrogens is 2. The van der Waals surface area contributed by atoms with Gasteiger partial charge in [-0.05, 0) is 12.1 Å². The van der Waals surface area contributed by atoms with E-state index >= 15 is 0 Å². The van der Waals surface area contributed by atoms with Gasteiger partial charge in [0.25, 0.3) is 5.56 Å². The van der Waals surface area contributed by atoms with Crippen molar-refractivity contribution in [3.05, 3.63) is 46.5 Å². The Morgan fingerprint density at radius 2 is 2.31 bits per heavy atom. The number of fused-ring (bicyclic) bond motifs is 1. The minimum absolute atomic E-state index is 0.0916. The first-order valence-corrected chi connectivity index (χ1v) is 3.98. The van der Waals surface area contributed by atoms with Crippen LogP contribution in [0.3, 0.4) is 0 Å². The number of rotatable bonds is 1. The standard InChI is InChI=1S/C9H9N3O/c10-6-7-5-9(13)12-4-2-1-3-8(12)11-7/h1-5H,6,10H2. The van der Waals surface area contributed by atoms with Gasteiger partial charge in [-0.15, -0.1) is 0 Å². The smallest absolute Gasteiger partial charge is 0.258 e. The third kappa shape index (κ3) is 1.31. The quantitative estimate of drug-likeness (QED) is 0.671. The fourth-order valence-electron chi connectivity index (χ4n) is 1.21. The predicted octanol–water partition coefficient (Wildman–Crippen LogP) is 0.153. The lowest BCUT2D eigenvalue weighted by atomic mass is 10.4. The second-order valence-electron chi connectivity index (χ2n) is 2.72. The molecule has 0 saturated heterocycles. The van der Waals surface area contributed by atoms with Crippen LogP contribution in [0, 0.1) is 0 Å². The lowest BCUT2D eigenvalue weighted by Gasteiger charge is -2.00. The molecular weight excluding hydrogens is 166 g/mol. The molecule has 2 heterocycles. The summed E-state index contributed by atoms with van der Waals surface area (Å²) in [5, 5.41) is 0. The molecule has 0 aliphatic carbocycles. The average Bonchev–Trinajstić information content (AvgIpc) is 2.18. The van der Waals surface area contributed by atoms with E-state index in [0.717, 1.165) is 0 Å². The zero-order valence-corrected chi connectivity index (χ0v) is 6.97. The first-order chi connectivity index (χ1) is 6.31. The molecular formula is C9H9N3O. The normalized spacial score (nSPS) is 10.5. The van der Waals surface area contributed by atoms with Crippen molar-refractivity contribution in [2.45, 2.75) is 6.54 Å². The number of hydrogen-bond acceptors (Lipinski definition) is 3. The molecule has 0 spiro atoms. The van der Waals surface area contributed by atoms with Crippen LogP contribution in [0.15, 0.2) is 35.3 Å². The summed E-state index contributed by atoms with van der Waals surface area (Å²) in [6, 6.07) is 6.85. The van der Waals surface area contributed by atoms with E-state index in [-0.39, 0.29) is 5.56 Å². The summed E-state index contributed by atoms with van der Waals surface area (Å²) in [6.45, 7) is 0.292.